The van der Waals surface area contributed by atoms with E-state index in [1.807, 2.05) is 30.3 Å². The second-order valence-electron chi connectivity index (χ2n) is 5.60. The molecule has 2 heterocycles. The summed E-state index contributed by atoms with van der Waals surface area (Å²) in [6.45, 7) is 2.77. The van der Waals surface area contributed by atoms with Crippen LogP contribution in [0.5, 0.6) is 0 Å². The predicted molar refractivity (Wildman–Crippen MR) is 80.9 cm³/mol. The van der Waals surface area contributed by atoms with Gasteiger partial charge in [0.05, 0.1) is 11.8 Å². The maximum atomic E-state index is 10.5. The molecule has 112 valence electrons. The van der Waals surface area contributed by atoms with Crippen molar-refractivity contribution < 1.29 is 9.63 Å². The summed E-state index contributed by atoms with van der Waals surface area (Å²) in [7, 11) is 0. The highest BCUT2D eigenvalue weighted by atomic mass is 35.5. The van der Waals surface area contributed by atoms with Crippen LogP contribution in [0.3, 0.4) is 0 Å². The van der Waals surface area contributed by atoms with Crippen LogP contribution in [0.25, 0.3) is 0 Å². The minimum atomic E-state index is -0.406. The lowest BCUT2D eigenvalue weighted by atomic mass is 9.87. The second-order valence-corrected chi connectivity index (χ2v) is 6.04. The van der Waals surface area contributed by atoms with E-state index in [4.69, 9.17) is 16.1 Å². The zero-order chi connectivity index (χ0) is 14.7. The van der Waals surface area contributed by atoms with E-state index in [9.17, 15) is 5.11 Å². The summed E-state index contributed by atoms with van der Waals surface area (Å²) in [6, 6.07) is 9.39. The third-order valence-corrected chi connectivity index (χ3v) is 4.42. The van der Waals surface area contributed by atoms with Crippen molar-refractivity contribution in [1.82, 2.24) is 10.1 Å². The molecule has 1 aliphatic rings. The molecule has 0 radical (unpaired) electrons. The molecule has 1 unspecified atom stereocenters. The van der Waals surface area contributed by atoms with Gasteiger partial charge in [0.15, 0.2) is 0 Å². The molecular formula is C16H19ClN2O2. The largest absolute Gasteiger partial charge is 0.388 e. The molecule has 0 amide bonds. The Labute approximate surface area is 129 Å². The van der Waals surface area contributed by atoms with E-state index >= 15 is 0 Å². The summed E-state index contributed by atoms with van der Waals surface area (Å²) in [5, 5.41) is 15.1. The smallest absolute Gasteiger partial charge is 0.124 e. The fourth-order valence-corrected chi connectivity index (χ4v) is 3.03. The van der Waals surface area contributed by atoms with Gasteiger partial charge < -0.3 is 9.63 Å². The zero-order valence-electron chi connectivity index (χ0n) is 11.8. The van der Waals surface area contributed by atoms with Gasteiger partial charge >= 0.3 is 0 Å². The van der Waals surface area contributed by atoms with E-state index in [0.29, 0.717) is 10.9 Å². The fourth-order valence-electron chi connectivity index (χ4n) is 2.91. The molecule has 1 atom stereocenters. The highest BCUT2D eigenvalue weighted by Gasteiger charge is 2.26. The molecular weight excluding hydrogens is 288 g/mol. The molecule has 1 fully saturated rings. The molecule has 0 aliphatic carbocycles. The Kier molecular flexibility index (Phi) is 4.58. The quantitative estimate of drug-likeness (QED) is 0.942. The Hall–Kier alpha value is -1.36. The van der Waals surface area contributed by atoms with E-state index < -0.39 is 6.10 Å². The zero-order valence-corrected chi connectivity index (χ0v) is 12.5. The van der Waals surface area contributed by atoms with E-state index in [0.717, 1.165) is 43.7 Å². The SMILES string of the molecule is OC(c1ccc(Cl)cc1)C1CCN(Cc2ccon2)CC1. The lowest BCUT2D eigenvalue weighted by Crippen LogP contribution is -2.35. The summed E-state index contributed by atoms with van der Waals surface area (Å²) >= 11 is 5.89. The van der Waals surface area contributed by atoms with Gasteiger partial charge in [-0.1, -0.05) is 28.9 Å². The normalized spacial score (nSPS) is 18.8. The number of benzene rings is 1. The van der Waals surface area contributed by atoms with E-state index in [1.54, 1.807) is 6.26 Å². The van der Waals surface area contributed by atoms with Crippen molar-refractivity contribution in [1.29, 1.82) is 0 Å². The minimum Gasteiger partial charge on any atom is -0.388 e. The molecule has 0 bridgehead atoms. The maximum Gasteiger partial charge on any atom is 0.124 e. The molecule has 1 aromatic carbocycles. The first-order valence-electron chi connectivity index (χ1n) is 7.27. The van der Waals surface area contributed by atoms with Crippen molar-refractivity contribution in [2.45, 2.75) is 25.5 Å². The Bertz CT molecular complexity index is 548. The Morgan fingerprint density at radius 3 is 2.57 bits per heavy atom. The van der Waals surface area contributed by atoms with Crippen molar-refractivity contribution in [3.63, 3.8) is 0 Å². The van der Waals surface area contributed by atoms with Crippen LogP contribution in [-0.4, -0.2) is 28.3 Å². The van der Waals surface area contributed by atoms with Crippen LogP contribution < -0.4 is 0 Å². The van der Waals surface area contributed by atoms with Crippen LogP contribution in [-0.2, 0) is 6.54 Å². The van der Waals surface area contributed by atoms with Gasteiger partial charge in [0.1, 0.15) is 6.26 Å². The van der Waals surface area contributed by atoms with Gasteiger partial charge in [0.25, 0.3) is 0 Å². The lowest BCUT2D eigenvalue weighted by Gasteiger charge is -2.33. The first-order valence-corrected chi connectivity index (χ1v) is 7.65. The second kappa shape index (κ2) is 6.60. The first kappa shape index (κ1) is 14.6. The average molecular weight is 307 g/mol. The van der Waals surface area contributed by atoms with Gasteiger partial charge in [-0.3, -0.25) is 4.90 Å². The lowest BCUT2D eigenvalue weighted by molar-refractivity contribution is 0.0561. The number of hydrogen-bond acceptors (Lipinski definition) is 4. The monoisotopic (exact) mass is 306 g/mol. The third-order valence-electron chi connectivity index (χ3n) is 4.17. The third kappa shape index (κ3) is 3.64. The Balaban J connectivity index is 1.54. The summed E-state index contributed by atoms with van der Waals surface area (Å²) in [5.74, 6) is 0.305. The molecule has 4 nitrogen and oxygen atoms in total. The van der Waals surface area contributed by atoms with Crippen LogP contribution in [0.1, 0.15) is 30.2 Å². The summed E-state index contributed by atoms with van der Waals surface area (Å²) < 4.78 is 4.86. The highest BCUT2D eigenvalue weighted by Crippen LogP contribution is 2.31. The molecule has 1 saturated heterocycles. The number of nitrogens with zero attached hydrogens (tertiary/aromatic N) is 2. The number of aromatic nitrogens is 1. The average Bonchev–Trinajstić information content (AvgIpc) is 3.01. The molecule has 1 aromatic heterocycles. The van der Waals surface area contributed by atoms with Gasteiger partial charge in [0, 0.05) is 17.6 Å². The number of likely N-dealkylation sites (tertiary alicyclic amines) is 1. The molecule has 2 aromatic rings. The van der Waals surface area contributed by atoms with E-state index in [-0.39, 0.29) is 0 Å². The highest BCUT2D eigenvalue weighted by molar-refractivity contribution is 6.30. The van der Waals surface area contributed by atoms with Gasteiger partial charge in [-0.2, -0.15) is 0 Å². The molecule has 1 aliphatic heterocycles. The van der Waals surface area contributed by atoms with Gasteiger partial charge in [-0.15, -0.1) is 0 Å². The number of aliphatic hydroxyl groups is 1. The van der Waals surface area contributed by atoms with Crippen molar-refractivity contribution in [3.8, 4) is 0 Å². The van der Waals surface area contributed by atoms with Crippen molar-refractivity contribution in [2.75, 3.05) is 13.1 Å². The fraction of sp³-hybridized carbons (Fsp3) is 0.438. The Morgan fingerprint density at radius 2 is 1.95 bits per heavy atom. The standard InChI is InChI=1S/C16H19ClN2O2/c17-14-3-1-12(2-4-14)16(20)13-5-8-19(9-6-13)11-15-7-10-21-18-15/h1-4,7,10,13,16,20H,5-6,8-9,11H2. The Morgan fingerprint density at radius 1 is 1.24 bits per heavy atom. The van der Waals surface area contributed by atoms with Crippen molar-refractivity contribution in [3.05, 3.63) is 52.9 Å². The molecule has 0 spiro atoms. The van der Waals surface area contributed by atoms with Gasteiger partial charge in [-0.05, 0) is 49.5 Å². The maximum absolute atomic E-state index is 10.5. The molecule has 3 rings (SSSR count). The van der Waals surface area contributed by atoms with E-state index in [2.05, 4.69) is 10.1 Å². The number of rotatable bonds is 4. The summed E-state index contributed by atoms with van der Waals surface area (Å²) in [4.78, 5) is 2.35. The molecule has 21 heavy (non-hydrogen) atoms. The van der Waals surface area contributed by atoms with Crippen LogP contribution >= 0.6 is 11.6 Å². The first-order chi connectivity index (χ1) is 10.2. The summed E-state index contributed by atoms with van der Waals surface area (Å²) in [6.07, 6.45) is 3.17. The predicted octanol–water partition coefficient (Wildman–Crippen LogP) is 3.27. The summed E-state index contributed by atoms with van der Waals surface area (Å²) in [5.41, 5.74) is 1.92. The minimum absolute atomic E-state index is 0.305. The van der Waals surface area contributed by atoms with Crippen LogP contribution in [0, 0.1) is 5.92 Å². The topological polar surface area (TPSA) is 49.5 Å². The van der Waals surface area contributed by atoms with Crippen LogP contribution in [0.15, 0.2) is 41.1 Å². The van der Waals surface area contributed by atoms with Crippen LogP contribution in [0.2, 0.25) is 5.02 Å². The number of aliphatic hydroxyl groups excluding tert-OH is 1. The van der Waals surface area contributed by atoms with Crippen molar-refractivity contribution in [2.24, 2.45) is 5.92 Å². The number of halogens is 1. The van der Waals surface area contributed by atoms with Crippen LogP contribution in [0.4, 0.5) is 0 Å². The molecule has 1 N–H and O–H groups in total. The number of piperidine rings is 1. The number of hydrogen-bond donors (Lipinski definition) is 1. The molecule has 0 saturated carbocycles. The van der Waals surface area contributed by atoms with Crippen molar-refractivity contribution >= 4 is 11.6 Å². The van der Waals surface area contributed by atoms with E-state index in [1.165, 1.54) is 0 Å². The van der Waals surface area contributed by atoms with Gasteiger partial charge in [-0.25, -0.2) is 0 Å². The molecule has 5 heteroatoms. The van der Waals surface area contributed by atoms with Gasteiger partial charge in [0.2, 0.25) is 0 Å².